The van der Waals surface area contributed by atoms with Gasteiger partial charge < -0.3 is 36.6 Å². The minimum Gasteiger partial charge on any atom is -0.481 e. The molecule has 5 atom stereocenters. The van der Waals surface area contributed by atoms with Crippen LogP contribution in [0.4, 0.5) is 0 Å². The van der Waals surface area contributed by atoms with E-state index >= 15 is 0 Å². The second kappa shape index (κ2) is 14.4. The standard InChI is InChI=1S/C20H36N4O8/c1-6-9-21-13(7-8-14(26)27)18(29)24-16(12(5)25)19(30)22-11(4)17(28)23-15(10(2)3)20(31)32/h10-13,15-16,21,25H,6-9H2,1-5H3,(H,22,30)(H,23,28)(H,24,29)(H,26,27)(H,31,32)/t11-,12?,13-,15-,16-/m0/s1. The fourth-order valence-corrected chi connectivity index (χ4v) is 2.73. The van der Waals surface area contributed by atoms with Gasteiger partial charge in [0.25, 0.3) is 0 Å². The maximum Gasteiger partial charge on any atom is 0.326 e. The molecule has 0 heterocycles. The first-order valence-corrected chi connectivity index (χ1v) is 10.6. The number of hydrogen-bond donors (Lipinski definition) is 7. The Morgan fingerprint density at radius 1 is 0.812 bits per heavy atom. The van der Waals surface area contributed by atoms with Gasteiger partial charge in [0.2, 0.25) is 17.7 Å². The summed E-state index contributed by atoms with van der Waals surface area (Å²) >= 11 is 0. The lowest BCUT2D eigenvalue weighted by Gasteiger charge is -2.26. The molecule has 0 rings (SSSR count). The lowest BCUT2D eigenvalue weighted by molar-refractivity contribution is -0.143. The van der Waals surface area contributed by atoms with E-state index in [1.54, 1.807) is 13.8 Å². The first kappa shape index (κ1) is 29.3. The molecule has 0 saturated carbocycles. The van der Waals surface area contributed by atoms with Crippen molar-refractivity contribution in [3.63, 3.8) is 0 Å². The molecule has 1 unspecified atom stereocenters. The predicted molar refractivity (Wildman–Crippen MR) is 115 cm³/mol. The van der Waals surface area contributed by atoms with E-state index in [0.717, 1.165) is 0 Å². The highest BCUT2D eigenvalue weighted by molar-refractivity contribution is 5.94. The molecule has 0 aromatic carbocycles. The molecule has 0 bridgehead atoms. The van der Waals surface area contributed by atoms with E-state index < -0.39 is 59.9 Å². The number of aliphatic hydroxyl groups excluding tert-OH is 1. The van der Waals surface area contributed by atoms with Crippen molar-refractivity contribution in [2.24, 2.45) is 5.92 Å². The van der Waals surface area contributed by atoms with E-state index in [1.807, 2.05) is 6.92 Å². The molecule has 0 aromatic rings. The normalized spacial score (nSPS) is 15.7. The van der Waals surface area contributed by atoms with Gasteiger partial charge in [0.05, 0.1) is 12.1 Å². The summed E-state index contributed by atoms with van der Waals surface area (Å²) in [5.41, 5.74) is 0. The summed E-state index contributed by atoms with van der Waals surface area (Å²) in [5.74, 6) is -4.93. The minimum atomic E-state index is -1.41. The highest BCUT2D eigenvalue weighted by Gasteiger charge is 2.32. The van der Waals surface area contributed by atoms with E-state index in [9.17, 15) is 34.2 Å². The lowest BCUT2D eigenvalue weighted by atomic mass is 10.0. The Morgan fingerprint density at radius 2 is 1.38 bits per heavy atom. The molecule has 0 aliphatic heterocycles. The topological polar surface area (TPSA) is 194 Å². The first-order chi connectivity index (χ1) is 14.8. The van der Waals surface area contributed by atoms with Crippen molar-refractivity contribution in [1.82, 2.24) is 21.3 Å². The van der Waals surface area contributed by atoms with E-state index in [2.05, 4.69) is 21.3 Å². The van der Waals surface area contributed by atoms with Gasteiger partial charge in [-0.2, -0.15) is 0 Å². The first-order valence-electron chi connectivity index (χ1n) is 10.6. The Hall–Kier alpha value is -2.73. The number of aliphatic carboxylic acids is 2. The Kier molecular flexibility index (Phi) is 13.1. The number of carbonyl (C=O) groups is 5. The van der Waals surface area contributed by atoms with Gasteiger partial charge in [-0.3, -0.25) is 19.2 Å². The summed E-state index contributed by atoms with van der Waals surface area (Å²) in [6, 6.07) is -4.58. The summed E-state index contributed by atoms with van der Waals surface area (Å²) in [5, 5.41) is 38.0. The fraction of sp³-hybridized carbons (Fsp3) is 0.750. The van der Waals surface area contributed by atoms with Crippen LogP contribution in [0.5, 0.6) is 0 Å². The van der Waals surface area contributed by atoms with Crippen LogP contribution < -0.4 is 21.3 Å². The van der Waals surface area contributed by atoms with Crippen molar-refractivity contribution in [3.05, 3.63) is 0 Å². The van der Waals surface area contributed by atoms with Crippen LogP contribution in [-0.2, 0) is 24.0 Å². The van der Waals surface area contributed by atoms with E-state index in [4.69, 9.17) is 5.11 Å². The van der Waals surface area contributed by atoms with Crippen LogP contribution in [0.2, 0.25) is 0 Å². The van der Waals surface area contributed by atoms with E-state index in [1.165, 1.54) is 13.8 Å². The number of amides is 3. The van der Waals surface area contributed by atoms with Crippen LogP contribution in [-0.4, -0.2) is 81.8 Å². The summed E-state index contributed by atoms with van der Waals surface area (Å²) in [6.45, 7) is 8.17. The summed E-state index contributed by atoms with van der Waals surface area (Å²) in [4.78, 5) is 59.6. The number of carboxylic acid groups (broad SMARTS) is 2. The largest absolute Gasteiger partial charge is 0.481 e. The molecule has 0 saturated heterocycles. The summed E-state index contributed by atoms with van der Waals surface area (Å²) < 4.78 is 0. The van der Waals surface area contributed by atoms with Crippen LogP contribution in [0.1, 0.15) is 53.9 Å². The molecule has 0 spiro atoms. The maximum atomic E-state index is 12.6. The van der Waals surface area contributed by atoms with Crippen molar-refractivity contribution in [2.45, 2.75) is 84.2 Å². The van der Waals surface area contributed by atoms with Crippen molar-refractivity contribution in [3.8, 4) is 0 Å². The van der Waals surface area contributed by atoms with Crippen molar-refractivity contribution >= 4 is 29.7 Å². The van der Waals surface area contributed by atoms with Crippen LogP contribution in [0, 0.1) is 5.92 Å². The summed E-state index contributed by atoms with van der Waals surface area (Å²) in [7, 11) is 0. The monoisotopic (exact) mass is 460 g/mol. The van der Waals surface area contributed by atoms with Gasteiger partial charge in [0.1, 0.15) is 18.1 Å². The molecular formula is C20H36N4O8. The van der Waals surface area contributed by atoms with Gasteiger partial charge in [-0.05, 0) is 39.2 Å². The van der Waals surface area contributed by atoms with E-state index in [0.29, 0.717) is 13.0 Å². The Balaban J connectivity index is 5.18. The molecule has 0 fully saturated rings. The quantitative estimate of drug-likeness (QED) is 0.157. The smallest absolute Gasteiger partial charge is 0.326 e. The molecule has 3 amide bonds. The SMILES string of the molecule is CCCN[C@@H](CCC(=O)O)C(=O)N[C@H](C(=O)N[C@@H](C)C(=O)N[C@H](C(=O)O)C(C)C)C(C)O. The van der Waals surface area contributed by atoms with E-state index in [-0.39, 0.29) is 18.8 Å². The number of carboxylic acids is 2. The molecule has 12 heteroatoms. The van der Waals surface area contributed by atoms with Crippen LogP contribution >= 0.6 is 0 Å². The van der Waals surface area contributed by atoms with Gasteiger partial charge in [0, 0.05) is 6.42 Å². The molecule has 0 aromatic heterocycles. The number of aliphatic hydroxyl groups is 1. The Labute approximate surface area is 187 Å². The highest BCUT2D eigenvalue weighted by atomic mass is 16.4. The van der Waals surface area contributed by atoms with Gasteiger partial charge in [-0.25, -0.2) is 4.79 Å². The maximum absolute atomic E-state index is 12.6. The number of rotatable bonds is 15. The molecule has 32 heavy (non-hydrogen) atoms. The Bertz CT molecular complexity index is 668. The number of carbonyl (C=O) groups excluding carboxylic acids is 3. The van der Waals surface area contributed by atoms with Gasteiger partial charge in [-0.1, -0.05) is 20.8 Å². The zero-order valence-corrected chi connectivity index (χ0v) is 19.2. The fourth-order valence-electron chi connectivity index (χ4n) is 2.73. The zero-order valence-electron chi connectivity index (χ0n) is 19.2. The number of hydrogen-bond acceptors (Lipinski definition) is 7. The molecule has 0 aliphatic carbocycles. The third-order valence-corrected chi connectivity index (χ3v) is 4.65. The predicted octanol–water partition coefficient (Wildman–Crippen LogP) is -1.18. The van der Waals surface area contributed by atoms with Crippen LogP contribution in [0.25, 0.3) is 0 Å². The number of nitrogens with one attached hydrogen (secondary N) is 4. The Morgan fingerprint density at radius 3 is 1.81 bits per heavy atom. The van der Waals surface area contributed by atoms with Crippen LogP contribution in [0.3, 0.4) is 0 Å². The molecule has 12 nitrogen and oxygen atoms in total. The third kappa shape index (κ3) is 10.5. The average molecular weight is 461 g/mol. The molecule has 0 aliphatic rings. The zero-order chi connectivity index (χ0) is 25.0. The van der Waals surface area contributed by atoms with Gasteiger partial charge in [-0.15, -0.1) is 0 Å². The second-order valence-electron chi connectivity index (χ2n) is 7.96. The van der Waals surface area contributed by atoms with Gasteiger partial charge in [0.15, 0.2) is 0 Å². The van der Waals surface area contributed by atoms with Crippen molar-refractivity contribution in [2.75, 3.05) is 6.54 Å². The highest BCUT2D eigenvalue weighted by Crippen LogP contribution is 2.04. The van der Waals surface area contributed by atoms with Gasteiger partial charge >= 0.3 is 11.9 Å². The average Bonchev–Trinajstić information content (AvgIpc) is 2.68. The third-order valence-electron chi connectivity index (χ3n) is 4.65. The molecule has 0 radical (unpaired) electrons. The lowest BCUT2D eigenvalue weighted by Crippen LogP contribution is -2.59. The molecule has 184 valence electrons. The van der Waals surface area contributed by atoms with Crippen molar-refractivity contribution in [1.29, 1.82) is 0 Å². The second-order valence-corrected chi connectivity index (χ2v) is 7.96. The van der Waals surface area contributed by atoms with Crippen molar-refractivity contribution < 1.29 is 39.3 Å². The summed E-state index contributed by atoms with van der Waals surface area (Å²) in [6.07, 6.45) is -0.904. The molecule has 7 N–H and O–H groups in total. The molecular weight excluding hydrogens is 424 g/mol. The van der Waals surface area contributed by atoms with Crippen LogP contribution in [0.15, 0.2) is 0 Å². The minimum absolute atomic E-state index is 0.0140.